The second-order valence-corrected chi connectivity index (χ2v) is 7.64. The van der Waals surface area contributed by atoms with Gasteiger partial charge in [-0.25, -0.2) is 8.42 Å². The van der Waals surface area contributed by atoms with Gasteiger partial charge >= 0.3 is 0 Å². The summed E-state index contributed by atoms with van der Waals surface area (Å²) < 4.78 is 27.6. The second kappa shape index (κ2) is 6.53. The van der Waals surface area contributed by atoms with Gasteiger partial charge in [-0.15, -0.1) is 0 Å². The molecule has 2 rings (SSSR count). The molecule has 1 aromatic carbocycles. The van der Waals surface area contributed by atoms with E-state index in [1.54, 1.807) is 7.11 Å². The van der Waals surface area contributed by atoms with Gasteiger partial charge in [0, 0.05) is 50.7 Å². The Kier molecular flexibility index (Phi) is 4.95. The van der Waals surface area contributed by atoms with Gasteiger partial charge in [-0.05, 0) is 12.1 Å². The fourth-order valence-corrected chi connectivity index (χ4v) is 3.01. The summed E-state index contributed by atoms with van der Waals surface area (Å²) in [6.07, 6.45) is 1.28. The molecule has 1 heterocycles. The third-order valence-corrected chi connectivity index (χ3v) is 4.66. The van der Waals surface area contributed by atoms with Crippen molar-refractivity contribution >= 4 is 21.2 Å². The number of ether oxygens (including phenoxy) is 1. The van der Waals surface area contributed by atoms with Crippen LogP contribution in [0.5, 0.6) is 5.75 Å². The van der Waals surface area contributed by atoms with Crippen molar-refractivity contribution in [3.05, 3.63) is 18.2 Å². The highest BCUT2D eigenvalue weighted by Gasteiger charge is 2.18. The maximum Gasteiger partial charge on any atom is 0.148 e. The van der Waals surface area contributed by atoms with Gasteiger partial charge in [-0.1, -0.05) is 0 Å². The molecule has 7 heteroatoms. The van der Waals surface area contributed by atoms with Crippen LogP contribution in [0.2, 0.25) is 0 Å². The Labute approximate surface area is 126 Å². The summed E-state index contributed by atoms with van der Waals surface area (Å²) in [5.41, 5.74) is 7.54. The van der Waals surface area contributed by atoms with Crippen molar-refractivity contribution < 1.29 is 13.2 Å². The van der Waals surface area contributed by atoms with Crippen LogP contribution in [0.1, 0.15) is 0 Å². The molecule has 0 amide bonds. The van der Waals surface area contributed by atoms with Crippen molar-refractivity contribution in [2.24, 2.45) is 0 Å². The Hall–Kier alpha value is -1.47. The highest BCUT2D eigenvalue weighted by Crippen LogP contribution is 2.27. The van der Waals surface area contributed by atoms with Gasteiger partial charge in [0.1, 0.15) is 15.6 Å². The molecule has 1 fully saturated rings. The summed E-state index contributed by atoms with van der Waals surface area (Å²) in [6.45, 7) is 4.08. The number of piperazine rings is 1. The Bertz CT molecular complexity index is 581. The molecule has 118 valence electrons. The van der Waals surface area contributed by atoms with Crippen molar-refractivity contribution in [3.8, 4) is 5.75 Å². The summed E-state index contributed by atoms with van der Waals surface area (Å²) in [7, 11) is -1.28. The molecule has 1 aromatic rings. The van der Waals surface area contributed by atoms with Gasteiger partial charge in [0.25, 0.3) is 0 Å². The molecule has 0 aliphatic carbocycles. The molecule has 1 aliphatic heterocycles. The number of hydrogen-bond donors (Lipinski definition) is 1. The first kappa shape index (κ1) is 15.9. The molecule has 0 spiro atoms. The van der Waals surface area contributed by atoms with Crippen LogP contribution < -0.4 is 15.4 Å². The van der Waals surface area contributed by atoms with E-state index in [0.717, 1.165) is 31.9 Å². The Morgan fingerprint density at radius 3 is 2.48 bits per heavy atom. The minimum Gasteiger partial charge on any atom is -0.495 e. The van der Waals surface area contributed by atoms with Crippen molar-refractivity contribution in [2.75, 3.05) is 62.5 Å². The molecular weight excluding hydrogens is 290 g/mol. The van der Waals surface area contributed by atoms with Gasteiger partial charge in [0.05, 0.1) is 18.6 Å². The molecule has 2 N–H and O–H groups in total. The number of rotatable bonds is 5. The summed E-state index contributed by atoms with van der Waals surface area (Å²) in [5, 5.41) is 0. The average molecular weight is 313 g/mol. The average Bonchev–Trinajstić information content (AvgIpc) is 2.45. The zero-order valence-electron chi connectivity index (χ0n) is 12.6. The van der Waals surface area contributed by atoms with E-state index in [0.29, 0.717) is 18.0 Å². The molecule has 0 atom stereocenters. The number of anilines is 2. The maximum atomic E-state index is 11.2. The van der Waals surface area contributed by atoms with Gasteiger partial charge < -0.3 is 15.4 Å². The summed E-state index contributed by atoms with van der Waals surface area (Å²) in [6, 6.07) is 5.79. The molecule has 0 unspecified atom stereocenters. The van der Waals surface area contributed by atoms with Gasteiger partial charge in [0.2, 0.25) is 0 Å². The standard InChI is InChI=1S/C14H23N3O3S/c1-20-14-11-12(3-4-13(14)15)17-7-5-16(6-8-17)9-10-21(2,18)19/h3-4,11H,5-10,15H2,1-2H3. The second-order valence-electron chi connectivity index (χ2n) is 5.38. The van der Waals surface area contributed by atoms with Crippen LogP contribution in [0, 0.1) is 0 Å². The third-order valence-electron chi connectivity index (χ3n) is 3.73. The number of methoxy groups -OCH3 is 1. The van der Waals surface area contributed by atoms with Crippen molar-refractivity contribution in [3.63, 3.8) is 0 Å². The lowest BCUT2D eigenvalue weighted by molar-refractivity contribution is 0.272. The van der Waals surface area contributed by atoms with Gasteiger partial charge in [0.15, 0.2) is 0 Å². The molecule has 0 aromatic heterocycles. The zero-order valence-corrected chi connectivity index (χ0v) is 13.4. The van der Waals surface area contributed by atoms with Crippen LogP contribution in [0.15, 0.2) is 18.2 Å². The lowest BCUT2D eigenvalue weighted by Crippen LogP contribution is -2.47. The normalized spacial score (nSPS) is 17.0. The van der Waals surface area contributed by atoms with Gasteiger partial charge in [-0.2, -0.15) is 0 Å². The molecule has 0 saturated carbocycles. The predicted molar refractivity (Wildman–Crippen MR) is 85.8 cm³/mol. The molecule has 0 radical (unpaired) electrons. The lowest BCUT2D eigenvalue weighted by Gasteiger charge is -2.36. The number of sulfone groups is 1. The minimum atomic E-state index is -2.89. The molecular formula is C14H23N3O3S. The number of nitrogen functional groups attached to an aromatic ring is 1. The van der Waals surface area contributed by atoms with Crippen LogP contribution in [-0.4, -0.2) is 65.2 Å². The number of nitrogens with two attached hydrogens (primary N) is 1. The van der Waals surface area contributed by atoms with E-state index in [9.17, 15) is 8.42 Å². The van der Waals surface area contributed by atoms with Crippen LogP contribution >= 0.6 is 0 Å². The Morgan fingerprint density at radius 2 is 1.90 bits per heavy atom. The first-order valence-electron chi connectivity index (χ1n) is 6.97. The van der Waals surface area contributed by atoms with E-state index in [1.807, 2.05) is 18.2 Å². The van der Waals surface area contributed by atoms with Crippen LogP contribution in [0.25, 0.3) is 0 Å². The van der Waals surface area contributed by atoms with Crippen molar-refractivity contribution in [1.82, 2.24) is 4.90 Å². The maximum absolute atomic E-state index is 11.2. The van der Waals surface area contributed by atoms with E-state index in [4.69, 9.17) is 10.5 Å². The van der Waals surface area contributed by atoms with Crippen molar-refractivity contribution in [2.45, 2.75) is 0 Å². The van der Waals surface area contributed by atoms with E-state index < -0.39 is 9.84 Å². The fourth-order valence-electron chi connectivity index (χ4n) is 2.42. The fraction of sp³-hybridized carbons (Fsp3) is 0.571. The quantitative estimate of drug-likeness (QED) is 0.795. The summed E-state index contributed by atoms with van der Waals surface area (Å²) in [4.78, 5) is 4.45. The molecule has 6 nitrogen and oxygen atoms in total. The number of benzene rings is 1. The Morgan fingerprint density at radius 1 is 1.24 bits per heavy atom. The first-order valence-corrected chi connectivity index (χ1v) is 9.03. The molecule has 1 aliphatic rings. The van der Waals surface area contributed by atoms with Gasteiger partial charge in [-0.3, -0.25) is 4.90 Å². The molecule has 21 heavy (non-hydrogen) atoms. The van der Waals surface area contributed by atoms with Crippen LogP contribution in [0.3, 0.4) is 0 Å². The predicted octanol–water partition coefficient (Wildman–Crippen LogP) is 0.444. The number of hydrogen-bond acceptors (Lipinski definition) is 6. The summed E-state index contributed by atoms with van der Waals surface area (Å²) >= 11 is 0. The minimum absolute atomic E-state index is 0.225. The van der Waals surface area contributed by atoms with Crippen molar-refractivity contribution in [1.29, 1.82) is 0 Å². The van der Waals surface area contributed by atoms with Crippen LogP contribution in [0.4, 0.5) is 11.4 Å². The lowest BCUT2D eigenvalue weighted by atomic mass is 10.2. The topological polar surface area (TPSA) is 75.9 Å². The number of nitrogens with zero attached hydrogens (tertiary/aromatic N) is 2. The van der Waals surface area contributed by atoms with E-state index in [1.165, 1.54) is 6.26 Å². The van der Waals surface area contributed by atoms with E-state index in [-0.39, 0.29) is 5.75 Å². The molecule has 0 bridgehead atoms. The zero-order chi connectivity index (χ0) is 15.5. The Balaban J connectivity index is 1.92. The van der Waals surface area contributed by atoms with Crippen LogP contribution in [-0.2, 0) is 9.84 Å². The summed E-state index contributed by atoms with van der Waals surface area (Å²) in [5.74, 6) is 0.912. The largest absolute Gasteiger partial charge is 0.495 e. The first-order chi connectivity index (χ1) is 9.89. The van der Waals surface area contributed by atoms with E-state index >= 15 is 0 Å². The monoisotopic (exact) mass is 313 g/mol. The highest BCUT2D eigenvalue weighted by molar-refractivity contribution is 7.90. The SMILES string of the molecule is COc1cc(N2CCN(CCS(C)(=O)=O)CC2)ccc1N. The smallest absolute Gasteiger partial charge is 0.148 e. The highest BCUT2D eigenvalue weighted by atomic mass is 32.2. The third kappa shape index (κ3) is 4.50. The van der Waals surface area contributed by atoms with E-state index in [2.05, 4.69) is 9.80 Å². The molecule has 1 saturated heterocycles.